The van der Waals surface area contributed by atoms with E-state index in [-0.39, 0.29) is 17.0 Å². The Kier molecular flexibility index (Phi) is 8.39. The van der Waals surface area contributed by atoms with Crippen molar-refractivity contribution < 1.29 is 29.4 Å². The van der Waals surface area contributed by atoms with E-state index in [4.69, 9.17) is 28.3 Å². The van der Waals surface area contributed by atoms with E-state index in [1.54, 1.807) is 43.3 Å². The maximum Gasteiger partial charge on any atom is 0.336 e. The lowest BCUT2D eigenvalue weighted by Crippen LogP contribution is -2.22. The number of thioether (sulfide) groups is 1. The average molecular weight is 533 g/mol. The lowest BCUT2D eigenvalue weighted by atomic mass is 10.0. The number of nitrogens with one attached hydrogen (secondary N) is 2. The van der Waals surface area contributed by atoms with Gasteiger partial charge in [-0.15, -0.1) is 11.8 Å². The van der Waals surface area contributed by atoms with Gasteiger partial charge in [0, 0.05) is 15.6 Å². The Balaban J connectivity index is 1.65. The minimum atomic E-state index is -1.42. The van der Waals surface area contributed by atoms with Crippen molar-refractivity contribution in [1.29, 1.82) is 0 Å². The molecule has 1 unspecified atom stereocenters. The molecular formula is C24H18Cl2N2O6S. The zero-order valence-corrected chi connectivity index (χ0v) is 20.4. The molecule has 4 N–H and O–H groups in total. The Labute approximate surface area is 214 Å². The highest BCUT2D eigenvalue weighted by atomic mass is 35.5. The van der Waals surface area contributed by atoms with Crippen molar-refractivity contribution in [2.45, 2.75) is 17.1 Å². The van der Waals surface area contributed by atoms with Crippen molar-refractivity contribution in [1.82, 2.24) is 0 Å². The third-order valence-corrected chi connectivity index (χ3v) is 6.38. The Morgan fingerprint density at radius 1 is 0.829 bits per heavy atom. The van der Waals surface area contributed by atoms with E-state index in [0.717, 1.165) is 23.1 Å². The van der Waals surface area contributed by atoms with Crippen LogP contribution in [-0.4, -0.2) is 39.2 Å². The van der Waals surface area contributed by atoms with Gasteiger partial charge in [-0.3, -0.25) is 9.59 Å². The van der Waals surface area contributed by atoms with Gasteiger partial charge in [-0.05, 0) is 67.6 Å². The van der Waals surface area contributed by atoms with Crippen LogP contribution in [0.2, 0.25) is 10.0 Å². The minimum Gasteiger partial charge on any atom is -0.478 e. The summed E-state index contributed by atoms with van der Waals surface area (Å²) in [7, 11) is 0. The number of carbonyl (C=O) groups excluding carboxylic acids is 2. The summed E-state index contributed by atoms with van der Waals surface area (Å²) in [4.78, 5) is 48.4. The largest absolute Gasteiger partial charge is 0.478 e. The molecule has 0 aliphatic carbocycles. The minimum absolute atomic E-state index is 0.174. The van der Waals surface area contributed by atoms with E-state index in [9.17, 15) is 24.3 Å². The van der Waals surface area contributed by atoms with Crippen LogP contribution in [0.15, 0.2) is 65.6 Å². The molecule has 1 atom stereocenters. The first-order valence-corrected chi connectivity index (χ1v) is 11.6. The summed E-state index contributed by atoms with van der Waals surface area (Å²) < 4.78 is 0. The van der Waals surface area contributed by atoms with Crippen molar-refractivity contribution in [2.75, 3.05) is 10.6 Å². The van der Waals surface area contributed by atoms with Gasteiger partial charge in [0.1, 0.15) is 0 Å². The smallest absolute Gasteiger partial charge is 0.336 e. The number of carboxylic acids is 2. The van der Waals surface area contributed by atoms with Crippen molar-refractivity contribution in [3.8, 4) is 0 Å². The van der Waals surface area contributed by atoms with Crippen molar-refractivity contribution >= 4 is 70.1 Å². The second-order valence-electron chi connectivity index (χ2n) is 7.22. The SMILES string of the molecule is CC(Sc1ccc(NC(=O)c2ccc(C(=O)O)cc2C(=O)O)cc1)C(=O)Nc1ccc(Cl)cc1Cl. The fourth-order valence-electron chi connectivity index (χ4n) is 2.95. The van der Waals surface area contributed by atoms with Crippen LogP contribution in [0.25, 0.3) is 0 Å². The standard InChI is InChI=1S/C24H18Cl2N2O6S/c1-12(21(29)28-20-9-3-14(25)11-19(20)26)35-16-6-4-15(5-7-16)27-22(30)17-8-2-13(23(31)32)10-18(17)24(33)34/h2-12H,1H3,(H,27,30)(H,28,29)(H,31,32)(H,33,34). The summed E-state index contributed by atoms with van der Waals surface area (Å²) >= 11 is 13.2. The van der Waals surface area contributed by atoms with E-state index in [0.29, 0.717) is 21.4 Å². The second kappa shape index (κ2) is 11.3. The van der Waals surface area contributed by atoms with Gasteiger partial charge in [-0.1, -0.05) is 23.2 Å². The highest BCUT2D eigenvalue weighted by molar-refractivity contribution is 8.00. The van der Waals surface area contributed by atoms with Crippen LogP contribution < -0.4 is 10.6 Å². The molecule has 180 valence electrons. The lowest BCUT2D eigenvalue weighted by Gasteiger charge is -2.14. The molecule has 3 rings (SSSR count). The molecular weight excluding hydrogens is 515 g/mol. The summed E-state index contributed by atoms with van der Waals surface area (Å²) in [5, 5.41) is 24.0. The highest BCUT2D eigenvalue weighted by Gasteiger charge is 2.20. The number of carbonyl (C=O) groups is 4. The normalized spacial score (nSPS) is 11.4. The topological polar surface area (TPSA) is 133 Å². The van der Waals surface area contributed by atoms with Gasteiger partial charge in [0.25, 0.3) is 5.91 Å². The Morgan fingerprint density at radius 2 is 1.51 bits per heavy atom. The Morgan fingerprint density at radius 3 is 2.11 bits per heavy atom. The molecule has 0 aliphatic rings. The first-order chi connectivity index (χ1) is 16.5. The molecule has 0 saturated heterocycles. The van der Waals surface area contributed by atoms with Crippen LogP contribution in [-0.2, 0) is 4.79 Å². The molecule has 0 heterocycles. The first kappa shape index (κ1) is 26.1. The van der Waals surface area contributed by atoms with Gasteiger partial charge >= 0.3 is 11.9 Å². The molecule has 0 spiro atoms. The number of hydrogen-bond acceptors (Lipinski definition) is 5. The Hall–Kier alpha value is -3.53. The van der Waals surface area contributed by atoms with Crippen molar-refractivity contribution in [2.24, 2.45) is 0 Å². The molecule has 0 aliphatic heterocycles. The molecule has 2 amide bonds. The zero-order chi connectivity index (χ0) is 25.7. The molecule has 8 nitrogen and oxygen atoms in total. The third kappa shape index (κ3) is 6.75. The van der Waals surface area contributed by atoms with Gasteiger partial charge in [0.05, 0.1) is 32.7 Å². The molecule has 11 heteroatoms. The zero-order valence-electron chi connectivity index (χ0n) is 18.0. The summed E-state index contributed by atoms with van der Waals surface area (Å²) in [5.41, 5.74) is 0.00544. The van der Waals surface area contributed by atoms with E-state index >= 15 is 0 Å². The van der Waals surface area contributed by atoms with Crippen LogP contribution in [0.3, 0.4) is 0 Å². The lowest BCUT2D eigenvalue weighted by molar-refractivity contribution is -0.115. The molecule has 0 saturated carbocycles. The van der Waals surface area contributed by atoms with E-state index in [1.807, 2.05) is 0 Å². The predicted molar refractivity (Wildman–Crippen MR) is 135 cm³/mol. The molecule has 3 aromatic rings. The predicted octanol–water partition coefficient (Wildman–Crippen LogP) is 5.76. The third-order valence-electron chi connectivity index (χ3n) is 4.72. The van der Waals surface area contributed by atoms with Gasteiger partial charge in [-0.2, -0.15) is 0 Å². The molecule has 0 radical (unpaired) electrons. The number of benzene rings is 3. The van der Waals surface area contributed by atoms with Crippen LogP contribution in [0.4, 0.5) is 11.4 Å². The summed E-state index contributed by atoms with van der Waals surface area (Å²) in [6.07, 6.45) is 0. The number of rotatable bonds is 8. The first-order valence-electron chi connectivity index (χ1n) is 9.99. The van der Waals surface area contributed by atoms with Gasteiger partial charge in [-0.25, -0.2) is 9.59 Å². The number of halogens is 2. The number of anilines is 2. The van der Waals surface area contributed by atoms with E-state index in [2.05, 4.69) is 10.6 Å². The quantitative estimate of drug-likeness (QED) is 0.271. The maximum atomic E-state index is 12.6. The van der Waals surface area contributed by atoms with Gasteiger partial charge < -0.3 is 20.8 Å². The van der Waals surface area contributed by atoms with Crippen molar-refractivity contribution in [3.63, 3.8) is 0 Å². The maximum absolute atomic E-state index is 12.6. The molecule has 0 aromatic heterocycles. The number of hydrogen-bond donors (Lipinski definition) is 4. The van der Waals surface area contributed by atoms with Crippen LogP contribution in [0.1, 0.15) is 38.0 Å². The highest BCUT2D eigenvalue weighted by Crippen LogP contribution is 2.29. The van der Waals surface area contributed by atoms with Gasteiger partial charge in [0.15, 0.2) is 0 Å². The monoisotopic (exact) mass is 532 g/mol. The number of carboxylic acid groups (broad SMARTS) is 2. The summed E-state index contributed by atoms with van der Waals surface area (Å²) in [5.74, 6) is -3.68. The van der Waals surface area contributed by atoms with Crippen LogP contribution in [0, 0.1) is 0 Å². The van der Waals surface area contributed by atoms with E-state index < -0.39 is 28.7 Å². The second-order valence-corrected chi connectivity index (χ2v) is 9.48. The van der Waals surface area contributed by atoms with Gasteiger partial charge in [0.2, 0.25) is 5.91 Å². The molecule has 3 aromatic carbocycles. The fourth-order valence-corrected chi connectivity index (χ4v) is 4.27. The van der Waals surface area contributed by atoms with E-state index in [1.165, 1.54) is 17.8 Å². The summed E-state index contributed by atoms with van der Waals surface area (Å²) in [6, 6.07) is 14.6. The Bertz CT molecular complexity index is 1310. The van der Waals surface area contributed by atoms with Crippen LogP contribution >= 0.6 is 35.0 Å². The fraction of sp³-hybridized carbons (Fsp3) is 0.0833. The molecule has 0 fully saturated rings. The molecule has 35 heavy (non-hydrogen) atoms. The average Bonchev–Trinajstić information content (AvgIpc) is 2.81. The molecule has 0 bridgehead atoms. The van der Waals surface area contributed by atoms with Crippen LogP contribution in [0.5, 0.6) is 0 Å². The van der Waals surface area contributed by atoms with Crippen molar-refractivity contribution in [3.05, 3.63) is 87.4 Å². The number of aromatic carboxylic acids is 2. The summed E-state index contributed by atoms with van der Waals surface area (Å²) in [6.45, 7) is 1.73. The number of amides is 2.